The van der Waals surface area contributed by atoms with E-state index in [1.54, 1.807) is 0 Å². The first-order valence-corrected chi connectivity index (χ1v) is 8.17. The van der Waals surface area contributed by atoms with Crippen LogP contribution in [0.1, 0.15) is 42.5 Å². The van der Waals surface area contributed by atoms with Crippen LogP contribution in [0.3, 0.4) is 0 Å². The van der Waals surface area contributed by atoms with Crippen molar-refractivity contribution >= 4 is 0 Å². The molecular formula is C19H25N3. The quantitative estimate of drug-likeness (QED) is 0.937. The van der Waals surface area contributed by atoms with Crippen molar-refractivity contribution in [2.24, 2.45) is 0 Å². The standard InChI is InChI=1S/C19H25N3/c1-15(2)17-7-3-4-8-18(17)19-14-22(11-10-21-19)13-16-6-5-9-20-12-16/h3-9,12,15,19,21H,10-11,13-14H2,1-2H3/t19-/m0/s1. The Kier molecular flexibility index (Phi) is 4.86. The zero-order chi connectivity index (χ0) is 15.4. The fourth-order valence-corrected chi connectivity index (χ4v) is 3.27. The second-order valence-electron chi connectivity index (χ2n) is 6.39. The van der Waals surface area contributed by atoms with Crippen molar-refractivity contribution in [2.45, 2.75) is 32.4 Å². The van der Waals surface area contributed by atoms with Crippen LogP contribution in [-0.4, -0.2) is 29.5 Å². The highest BCUT2D eigenvalue weighted by atomic mass is 15.2. The van der Waals surface area contributed by atoms with E-state index in [0.717, 1.165) is 26.2 Å². The third-order valence-electron chi connectivity index (χ3n) is 4.38. The molecule has 0 amide bonds. The topological polar surface area (TPSA) is 28.2 Å². The summed E-state index contributed by atoms with van der Waals surface area (Å²) in [4.78, 5) is 6.75. The Hall–Kier alpha value is -1.71. The van der Waals surface area contributed by atoms with Gasteiger partial charge in [0, 0.05) is 44.6 Å². The molecule has 1 N–H and O–H groups in total. The fourth-order valence-electron chi connectivity index (χ4n) is 3.27. The summed E-state index contributed by atoms with van der Waals surface area (Å²) in [6.45, 7) is 8.71. The number of pyridine rings is 1. The molecule has 1 aromatic carbocycles. The van der Waals surface area contributed by atoms with Gasteiger partial charge in [-0.1, -0.05) is 44.2 Å². The van der Waals surface area contributed by atoms with E-state index in [9.17, 15) is 0 Å². The van der Waals surface area contributed by atoms with E-state index >= 15 is 0 Å². The average Bonchev–Trinajstić information content (AvgIpc) is 2.56. The molecule has 3 rings (SSSR count). The third-order valence-corrected chi connectivity index (χ3v) is 4.38. The highest BCUT2D eigenvalue weighted by Gasteiger charge is 2.23. The summed E-state index contributed by atoms with van der Waals surface area (Å²) in [6, 6.07) is 13.4. The molecule has 2 heterocycles. The monoisotopic (exact) mass is 295 g/mol. The number of nitrogens with zero attached hydrogens (tertiary/aromatic N) is 2. The molecule has 1 aromatic heterocycles. The van der Waals surface area contributed by atoms with Crippen molar-refractivity contribution in [1.29, 1.82) is 0 Å². The van der Waals surface area contributed by atoms with Crippen LogP contribution in [0.5, 0.6) is 0 Å². The van der Waals surface area contributed by atoms with E-state index in [0.29, 0.717) is 12.0 Å². The van der Waals surface area contributed by atoms with Crippen LogP contribution in [0.4, 0.5) is 0 Å². The number of aromatic nitrogens is 1. The van der Waals surface area contributed by atoms with Gasteiger partial charge in [-0.3, -0.25) is 9.88 Å². The predicted octanol–water partition coefficient (Wildman–Crippen LogP) is 3.35. The van der Waals surface area contributed by atoms with Crippen LogP contribution in [-0.2, 0) is 6.54 Å². The van der Waals surface area contributed by atoms with Crippen molar-refractivity contribution in [2.75, 3.05) is 19.6 Å². The smallest absolute Gasteiger partial charge is 0.0452 e. The van der Waals surface area contributed by atoms with Gasteiger partial charge in [-0.15, -0.1) is 0 Å². The molecule has 0 unspecified atom stereocenters. The number of piperazine rings is 1. The summed E-state index contributed by atoms with van der Waals surface area (Å²) in [5.74, 6) is 0.562. The number of benzene rings is 1. The summed E-state index contributed by atoms with van der Waals surface area (Å²) < 4.78 is 0. The molecule has 1 fully saturated rings. The first kappa shape index (κ1) is 15.2. The second-order valence-corrected chi connectivity index (χ2v) is 6.39. The highest BCUT2D eigenvalue weighted by Crippen LogP contribution is 2.27. The van der Waals surface area contributed by atoms with Gasteiger partial charge >= 0.3 is 0 Å². The minimum Gasteiger partial charge on any atom is -0.308 e. The van der Waals surface area contributed by atoms with E-state index in [1.165, 1.54) is 16.7 Å². The van der Waals surface area contributed by atoms with Crippen molar-refractivity contribution in [3.8, 4) is 0 Å². The Morgan fingerprint density at radius 2 is 2.09 bits per heavy atom. The Morgan fingerprint density at radius 3 is 2.86 bits per heavy atom. The SMILES string of the molecule is CC(C)c1ccccc1[C@@H]1CN(Cc2cccnc2)CCN1. The molecular weight excluding hydrogens is 270 g/mol. The summed E-state index contributed by atoms with van der Waals surface area (Å²) in [6.07, 6.45) is 3.81. The molecule has 0 radical (unpaired) electrons. The van der Waals surface area contributed by atoms with Crippen LogP contribution in [0.15, 0.2) is 48.8 Å². The first-order chi connectivity index (χ1) is 10.7. The van der Waals surface area contributed by atoms with Gasteiger partial charge in [-0.05, 0) is 28.7 Å². The number of nitrogens with one attached hydrogen (secondary N) is 1. The maximum absolute atomic E-state index is 4.22. The largest absolute Gasteiger partial charge is 0.308 e. The molecule has 0 spiro atoms. The van der Waals surface area contributed by atoms with E-state index in [2.05, 4.69) is 59.4 Å². The summed E-state index contributed by atoms with van der Waals surface area (Å²) in [5, 5.41) is 3.69. The third kappa shape index (κ3) is 3.54. The fraction of sp³-hybridized carbons (Fsp3) is 0.421. The summed E-state index contributed by atoms with van der Waals surface area (Å²) in [7, 11) is 0. The Labute approximate surface area is 133 Å². The molecule has 3 heteroatoms. The second kappa shape index (κ2) is 7.03. The van der Waals surface area contributed by atoms with E-state index in [4.69, 9.17) is 0 Å². The minimum atomic E-state index is 0.420. The van der Waals surface area contributed by atoms with Gasteiger partial charge in [-0.25, -0.2) is 0 Å². The van der Waals surface area contributed by atoms with E-state index in [-0.39, 0.29) is 0 Å². The number of rotatable bonds is 4. The molecule has 1 aliphatic rings. The van der Waals surface area contributed by atoms with Gasteiger partial charge in [0.05, 0.1) is 0 Å². The first-order valence-electron chi connectivity index (χ1n) is 8.17. The molecule has 0 saturated carbocycles. The predicted molar refractivity (Wildman–Crippen MR) is 90.8 cm³/mol. The van der Waals surface area contributed by atoms with Crippen molar-refractivity contribution < 1.29 is 0 Å². The van der Waals surface area contributed by atoms with Crippen LogP contribution in [0.2, 0.25) is 0 Å². The summed E-state index contributed by atoms with van der Waals surface area (Å²) in [5.41, 5.74) is 4.21. The molecule has 1 atom stereocenters. The maximum atomic E-state index is 4.22. The van der Waals surface area contributed by atoms with Gasteiger partial charge in [0.1, 0.15) is 0 Å². The van der Waals surface area contributed by atoms with E-state index < -0.39 is 0 Å². The number of hydrogen-bond acceptors (Lipinski definition) is 3. The van der Waals surface area contributed by atoms with Crippen molar-refractivity contribution in [1.82, 2.24) is 15.2 Å². The molecule has 116 valence electrons. The Bertz CT molecular complexity index is 595. The molecule has 22 heavy (non-hydrogen) atoms. The summed E-state index contributed by atoms with van der Waals surface area (Å²) >= 11 is 0. The zero-order valence-corrected chi connectivity index (χ0v) is 13.5. The molecule has 3 nitrogen and oxygen atoms in total. The number of hydrogen-bond donors (Lipinski definition) is 1. The van der Waals surface area contributed by atoms with Crippen LogP contribution >= 0.6 is 0 Å². The molecule has 1 saturated heterocycles. The lowest BCUT2D eigenvalue weighted by molar-refractivity contribution is 0.192. The highest BCUT2D eigenvalue weighted by molar-refractivity contribution is 5.33. The molecule has 0 aliphatic carbocycles. The molecule has 0 bridgehead atoms. The van der Waals surface area contributed by atoms with Crippen LogP contribution in [0.25, 0.3) is 0 Å². The van der Waals surface area contributed by atoms with Gasteiger partial charge in [0.2, 0.25) is 0 Å². The normalized spacial score (nSPS) is 19.5. The average molecular weight is 295 g/mol. The van der Waals surface area contributed by atoms with Crippen molar-refractivity contribution in [3.63, 3.8) is 0 Å². The zero-order valence-electron chi connectivity index (χ0n) is 13.5. The molecule has 1 aliphatic heterocycles. The lowest BCUT2D eigenvalue weighted by atomic mass is 9.92. The maximum Gasteiger partial charge on any atom is 0.0452 e. The lowest BCUT2D eigenvalue weighted by Gasteiger charge is -2.35. The van der Waals surface area contributed by atoms with Gasteiger partial charge in [0.15, 0.2) is 0 Å². The van der Waals surface area contributed by atoms with Gasteiger partial charge in [-0.2, -0.15) is 0 Å². The van der Waals surface area contributed by atoms with Gasteiger partial charge < -0.3 is 5.32 Å². The van der Waals surface area contributed by atoms with Crippen LogP contribution in [0, 0.1) is 0 Å². The Morgan fingerprint density at radius 1 is 1.23 bits per heavy atom. The molecule has 2 aromatic rings. The van der Waals surface area contributed by atoms with Crippen molar-refractivity contribution in [3.05, 3.63) is 65.5 Å². The lowest BCUT2D eigenvalue weighted by Crippen LogP contribution is -2.45. The van der Waals surface area contributed by atoms with E-state index in [1.807, 2.05) is 18.5 Å². The van der Waals surface area contributed by atoms with Gasteiger partial charge in [0.25, 0.3) is 0 Å². The minimum absolute atomic E-state index is 0.420. The Balaban J connectivity index is 1.73. The van der Waals surface area contributed by atoms with Crippen LogP contribution < -0.4 is 5.32 Å².